The van der Waals surface area contributed by atoms with Gasteiger partial charge in [0.1, 0.15) is 0 Å². The fourth-order valence-electron chi connectivity index (χ4n) is 4.02. The summed E-state index contributed by atoms with van der Waals surface area (Å²) < 4.78 is 26.2. The van der Waals surface area contributed by atoms with Crippen LogP contribution in [0.2, 0.25) is 0 Å². The van der Waals surface area contributed by atoms with Gasteiger partial charge in [0.25, 0.3) is 0 Å². The first-order chi connectivity index (χ1) is 14.0. The van der Waals surface area contributed by atoms with Crippen LogP contribution in [0.25, 0.3) is 0 Å². The molecule has 0 amide bonds. The van der Waals surface area contributed by atoms with Crippen molar-refractivity contribution in [2.75, 3.05) is 31.9 Å². The largest absolute Gasteiger partial charge is 0.357 e. The smallest absolute Gasteiger partial charge is 0.214 e. The Morgan fingerprint density at radius 3 is 2.40 bits per heavy atom. The predicted molar refractivity (Wildman–Crippen MR) is 135 cm³/mol. The fraction of sp³-hybridized carbons (Fsp3) is 0.682. The molecule has 1 aromatic rings. The summed E-state index contributed by atoms with van der Waals surface area (Å²) in [6.07, 6.45) is 5.87. The summed E-state index contributed by atoms with van der Waals surface area (Å²) in [5.74, 6) is 1.11. The third-order valence-corrected chi connectivity index (χ3v) is 8.02. The minimum Gasteiger partial charge on any atom is -0.357 e. The van der Waals surface area contributed by atoms with Crippen LogP contribution in [0.3, 0.4) is 0 Å². The number of benzene rings is 1. The molecule has 0 radical (unpaired) electrons. The van der Waals surface area contributed by atoms with E-state index in [0.29, 0.717) is 24.9 Å². The van der Waals surface area contributed by atoms with Crippen LogP contribution in [0.15, 0.2) is 35.3 Å². The van der Waals surface area contributed by atoms with E-state index in [1.165, 1.54) is 18.4 Å². The summed E-state index contributed by atoms with van der Waals surface area (Å²) in [6, 6.07) is 10.9. The molecule has 170 valence electrons. The van der Waals surface area contributed by atoms with Gasteiger partial charge in [-0.3, -0.25) is 4.99 Å². The van der Waals surface area contributed by atoms with Crippen molar-refractivity contribution in [3.05, 3.63) is 35.9 Å². The number of guanidine groups is 1. The number of sulfonamides is 1. The number of halogens is 1. The fourth-order valence-corrected chi connectivity index (χ4v) is 5.56. The van der Waals surface area contributed by atoms with E-state index in [0.717, 1.165) is 38.3 Å². The minimum absolute atomic E-state index is 0. The summed E-state index contributed by atoms with van der Waals surface area (Å²) in [7, 11) is -3.09. The Bertz CT molecular complexity index is 774. The standard InChI is InChI=1S/C22H36N4O2S.HI/c1-3-16-29(27,28)26-14-10-20(11-15-26)25-21(23-4-2)24-18-22(12-13-22)17-19-8-6-5-7-9-19;/h5-9,20H,3-4,10-18H2,1-2H3,(H2,23,24,25);1H. The van der Waals surface area contributed by atoms with Crippen LogP contribution >= 0.6 is 24.0 Å². The van der Waals surface area contributed by atoms with Crippen molar-refractivity contribution in [2.45, 2.75) is 58.4 Å². The van der Waals surface area contributed by atoms with Crippen LogP contribution in [-0.2, 0) is 16.4 Å². The molecule has 3 rings (SSSR count). The van der Waals surface area contributed by atoms with Crippen molar-refractivity contribution in [3.8, 4) is 0 Å². The maximum absolute atomic E-state index is 12.3. The van der Waals surface area contributed by atoms with Gasteiger partial charge in [-0.15, -0.1) is 24.0 Å². The summed E-state index contributed by atoms with van der Waals surface area (Å²) in [4.78, 5) is 4.90. The molecule has 2 aliphatic rings. The lowest BCUT2D eigenvalue weighted by Crippen LogP contribution is -2.50. The zero-order valence-corrected chi connectivity index (χ0v) is 21.4. The molecular formula is C22H37IN4O2S. The molecule has 2 fully saturated rings. The van der Waals surface area contributed by atoms with E-state index in [2.05, 4.69) is 47.9 Å². The maximum Gasteiger partial charge on any atom is 0.214 e. The average molecular weight is 549 g/mol. The van der Waals surface area contributed by atoms with Gasteiger partial charge in [-0.1, -0.05) is 37.3 Å². The first-order valence-electron chi connectivity index (χ1n) is 11.0. The summed E-state index contributed by atoms with van der Waals surface area (Å²) in [5.41, 5.74) is 1.69. The number of piperidine rings is 1. The normalized spacial score (nSPS) is 19.7. The lowest BCUT2D eigenvalue weighted by atomic mass is 9.97. The van der Waals surface area contributed by atoms with Gasteiger partial charge in [0, 0.05) is 32.2 Å². The predicted octanol–water partition coefficient (Wildman–Crippen LogP) is 3.39. The SMILES string of the molecule is CCCS(=O)(=O)N1CCC(NC(=NCC2(Cc3ccccc3)CC2)NCC)CC1.I. The molecule has 1 aromatic carbocycles. The number of hydrogen-bond acceptors (Lipinski definition) is 3. The second kappa shape index (κ2) is 11.7. The van der Waals surface area contributed by atoms with E-state index in [9.17, 15) is 8.42 Å². The van der Waals surface area contributed by atoms with Crippen molar-refractivity contribution in [3.63, 3.8) is 0 Å². The van der Waals surface area contributed by atoms with Gasteiger partial charge >= 0.3 is 0 Å². The maximum atomic E-state index is 12.3. The van der Waals surface area contributed by atoms with Gasteiger partial charge in [-0.2, -0.15) is 0 Å². The third-order valence-electron chi connectivity index (χ3n) is 5.95. The Morgan fingerprint density at radius 2 is 1.83 bits per heavy atom. The number of nitrogens with zero attached hydrogens (tertiary/aromatic N) is 2. The van der Waals surface area contributed by atoms with Crippen LogP contribution < -0.4 is 10.6 Å². The van der Waals surface area contributed by atoms with Crippen molar-refractivity contribution < 1.29 is 8.42 Å². The molecule has 0 bridgehead atoms. The molecule has 8 heteroatoms. The molecule has 1 saturated carbocycles. The molecular weight excluding hydrogens is 511 g/mol. The Hall–Kier alpha value is -0.870. The van der Waals surface area contributed by atoms with E-state index >= 15 is 0 Å². The van der Waals surface area contributed by atoms with Gasteiger partial charge in [-0.25, -0.2) is 12.7 Å². The second-order valence-corrected chi connectivity index (χ2v) is 10.6. The molecule has 1 heterocycles. The molecule has 0 atom stereocenters. The van der Waals surface area contributed by atoms with Crippen LogP contribution in [0.1, 0.15) is 51.5 Å². The minimum atomic E-state index is -3.09. The van der Waals surface area contributed by atoms with Crippen molar-refractivity contribution in [1.29, 1.82) is 0 Å². The van der Waals surface area contributed by atoms with Gasteiger partial charge < -0.3 is 10.6 Å². The van der Waals surface area contributed by atoms with Crippen molar-refractivity contribution in [1.82, 2.24) is 14.9 Å². The summed E-state index contributed by atoms with van der Waals surface area (Å²) >= 11 is 0. The lowest BCUT2D eigenvalue weighted by Gasteiger charge is -2.32. The van der Waals surface area contributed by atoms with E-state index in [-0.39, 0.29) is 35.8 Å². The topological polar surface area (TPSA) is 73.8 Å². The molecule has 0 aromatic heterocycles. The number of aliphatic imine (C=N–C) groups is 1. The molecule has 1 aliphatic heterocycles. The number of hydrogen-bond donors (Lipinski definition) is 2. The molecule has 1 saturated heterocycles. The van der Waals surface area contributed by atoms with Crippen LogP contribution in [0.4, 0.5) is 0 Å². The first-order valence-corrected chi connectivity index (χ1v) is 12.6. The van der Waals surface area contributed by atoms with Gasteiger partial charge in [0.05, 0.1) is 5.75 Å². The second-order valence-electron chi connectivity index (χ2n) is 8.49. The zero-order valence-electron chi connectivity index (χ0n) is 18.3. The van der Waals surface area contributed by atoms with E-state index in [4.69, 9.17) is 4.99 Å². The Labute approximate surface area is 199 Å². The molecule has 0 unspecified atom stereocenters. The Balaban J connectivity index is 0.00000320. The van der Waals surface area contributed by atoms with E-state index in [1.54, 1.807) is 4.31 Å². The van der Waals surface area contributed by atoms with Crippen LogP contribution in [0.5, 0.6) is 0 Å². The average Bonchev–Trinajstić information content (AvgIpc) is 3.47. The zero-order chi connectivity index (χ0) is 20.7. The molecule has 1 aliphatic carbocycles. The monoisotopic (exact) mass is 548 g/mol. The molecule has 30 heavy (non-hydrogen) atoms. The first kappa shape index (κ1) is 25.4. The number of nitrogens with one attached hydrogen (secondary N) is 2. The molecule has 2 N–H and O–H groups in total. The molecule has 0 spiro atoms. The van der Waals surface area contributed by atoms with E-state index < -0.39 is 10.0 Å². The van der Waals surface area contributed by atoms with Crippen LogP contribution in [-0.4, -0.2) is 56.7 Å². The highest BCUT2D eigenvalue weighted by molar-refractivity contribution is 14.0. The Morgan fingerprint density at radius 1 is 1.17 bits per heavy atom. The highest BCUT2D eigenvalue weighted by Gasteiger charge is 2.42. The van der Waals surface area contributed by atoms with E-state index in [1.807, 2.05) is 6.92 Å². The summed E-state index contributed by atoms with van der Waals surface area (Å²) in [6.45, 7) is 6.83. The Kier molecular flexibility index (Phi) is 9.87. The third kappa shape index (κ3) is 7.37. The van der Waals surface area contributed by atoms with Gasteiger partial charge in [0.15, 0.2) is 5.96 Å². The lowest BCUT2D eigenvalue weighted by molar-refractivity contribution is 0.306. The van der Waals surface area contributed by atoms with Gasteiger partial charge in [0.2, 0.25) is 10.0 Å². The highest BCUT2D eigenvalue weighted by Crippen LogP contribution is 2.48. The number of rotatable bonds is 9. The quantitative estimate of drug-likeness (QED) is 0.282. The summed E-state index contributed by atoms with van der Waals surface area (Å²) in [5, 5.41) is 6.91. The van der Waals surface area contributed by atoms with Crippen molar-refractivity contribution in [2.24, 2.45) is 10.4 Å². The highest BCUT2D eigenvalue weighted by atomic mass is 127. The van der Waals surface area contributed by atoms with Crippen molar-refractivity contribution >= 4 is 40.0 Å². The van der Waals surface area contributed by atoms with Gasteiger partial charge in [-0.05, 0) is 56.4 Å². The molecule has 6 nitrogen and oxygen atoms in total. The van der Waals surface area contributed by atoms with Crippen LogP contribution in [0, 0.1) is 5.41 Å².